The molecule has 2 aromatic rings. The molecule has 0 radical (unpaired) electrons. The highest BCUT2D eigenvalue weighted by atomic mass is 35.5. The molecule has 2 rings (SSSR count). The molecule has 0 atom stereocenters. The number of anilines is 1. The van der Waals surface area contributed by atoms with E-state index < -0.39 is 4.92 Å². The van der Waals surface area contributed by atoms with Crippen LogP contribution in [0.3, 0.4) is 0 Å². The van der Waals surface area contributed by atoms with Crippen molar-refractivity contribution in [1.29, 1.82) is 0 Å². The number of halogens is 2. The number of hydrogen-bond donors (Lipinski definition) is 1. The van der Waals surface area contributed by atoms with E-state index in [1.807, 2.05) is 18.2 Å². The molecule has 0 amide bonds. The number of nitrogens with zero attached hydrogens (tertiary/aromatic N) is 1. The van der Waals surface area contributed by atoms with Crippen molar-refractivity contribution in [3.8, 4) is 0 Å². The zero-order valence-corrected chi connectivity index (χ0v) is 11.3. The fraction of sp³-hybridized carbons (Fsp3) is 0.0769. The van der Waals surface area contributed by atoms with Crippen LogP contribution in [0.5, 0.6) is 0 Å². The lowest BCUT2D eigenvalue weighted by Crippen LogP contribution is -2.03. The van der Waals surface area contributed by atoms with E-state index in [0.29, 0.717) is 22.3 Å². The molecule has 0 aliphatic rings. The van der Waals surface area contributed by atoms with Crippen LogP contribution < -0.4 is 5.32 Å². The molecule has 2 aromatic carbocycles. The highest BCUT2D eigenvalue weighted by Gasteiger charge is 2.13. The molecule has 6 heteroatoms. The molecule has 0 unspecified atom stereocenters. The van der Waals surface area contributed by atoms with Crippen molar-refractivity contribution in [1.82, 2.24) is 0 Å². The Labute approximate surface area is 120 Å². The molecule has 0 aliphatic carbocycles. The maximum absolute atomic E-state index is 10.9. The van der Waals surface area contributed by atoms with Gasteiger partial charge in [0.25, 0.3) is 5.69 Å². The van der Waals surface area contributed by atoms with Crippen LogP contribution in [0.15, 0.2) is 42.5 Å². The van der Waals surface area contributed by atoms with Gasteiger partial charge in [-0.2, -0.15) is 0 Å². The van der Waals surface area contributed by atoms with Gasteiger partial charge in [0.2, 0.25) is 0 Å². The summed E-state index contributed by atoms with van der Waals surface area (Å²) in [7, 11) is 0. The maximum Gasteiger partial charge on any atom is 0.292 e. The quantitative estimate of drug-likeness (QED) is 0.667. The van der Waals surface area contributed by atoms with E-state index in [4.69, 9.17) is 23.2 Å². The Morgan fingerprint density at radius 1 is 1.16 bits per heavy atom. The van der Waals surface area contributed by atoms with Crippen molar-refractivity contribution in [2.24, 2.45) is 0 Å². The van der Waals surface area contributed by atoms with Crippen LogP contribution in [0.25, 0.3) is 0 Å². The zero-order chi connectivity index (χ0) is 13.8. The predicted molar refractivity (Wildman–Crippen MR) is 76.9 cm³/mol. The van der Waals surface area contributed by atoms with E-state index >= 15 is 0 Å². The molecule has 0 aromatic heterocycles. The summed E-state index contributed by atoms with van der Waals surface area (Å²) in [6, 6.07) is 11.7. The molecule has 98 valence electrons. The van der Waals surface area contributed by atoms with Crippen LogP contribution in [0.1, 0.15) is 5.56 Å². The van der Waals surface area contributed by atoms with Gasteiger partial charge in [-0.05, 0) is 23.8 Å². The summed E-state index contributed by atoms with van der Waals surface area (Å²) in [6.45, 7) is 0.390. The van der Waals surface area contributed by atoms with Gasteiger partial charge in [0, 0.05) is 22.7 Å². The van der Waals surface area contributed by atoms with Gasteiger partial charge in [-0.15, -0.1) is 0 Å². The van der Waals surface area contributed by atoms with Crippen LogP contribution >= 0.6 is 23.2 Å². The van der Waals surface area contributed by atoms with E-state index in [2.05, 4.69) is 5.32 Å². The molecule has 0 heterocycles. The van der Waals surface area contributed by atoms with Crippen LogP contribution in [-0.2, 0) is 6.54 Å². The summed E-state index contributed by atoms with van der Waals surface area (Å²) < 4.78 is 0. The highest BCUT2D eigenvalue weighted by Crippen LogP contribution is 2.28. The average molecular weight is 297 g/mol. The summed E-state index contributed by atoms with van der Waals surface area (Å²) in [5.41, 5.74) is 1.22. The molecule has 19 heavy (non-hydrogen) atoms. The Morgan fingerprint density at radius 3 is 2.58 bits per heavy atom. The molecule has 0 spiro atoms. The molecular formula is C13H10Cl2N2O2. The second-order valence-electron chi connectivity index (χ2n) is 3.86. The minimum absolute atomic E-state index is 0.0172. The van der Waals surface area contributed by atoms with Crippen LogP contribution in [0.4, 0.5) is 11.4 Å². The van der Waals surface area contributed by atoms with E-state index in [1.165, 1.54) is 18.2 Å². The average Bonchev–Trinajstić information content (AvgIpc) is 2.37. The molecule has 0 aliphatic heterocycles. The summed E-state index contributed by atoms with van der Waals surface area (Å²) in [6.07, 6.45) is 0. The summed E-state index contributed by atoms with van der Waals surface area (Å²) in [4.78, 5) is 10.5. The van der Waals surface area contributed by atoms with Crippen molar-refractivity contribution >= 4 is 34.6 Å². The first kappa shape index (κ1) is 13.6. The smallest absolute Gasteiger partial charge is 0.292 e. The minimum Gasteiger partial charge on any atom is -0.375 e. The van der Waals surface area contributed by atoms with E-state index in [9.17, 15) is 10.1 Å². The number of nitro benzene ring substituents is 1. The lowest BCUT2D eigenvalue weighted by molar-refractivity contribution is -0.384. The van der Waals surface area contributed by atoms with Gasteiger partial charge in [-0.1, -0.05) is 41.4 Å². The normalized spacial score (nSPS) is 10.2. The van der Waals surface area contributed by atoms with Gasteiger partial charge in [0.05, 0.1) is 4.92 Å². The second kappa shape index (κ2) is 5.91. The number of rotatable bonds is 4. The molecule has 0 bridgehead atoms. The molecule has 4 nitrogen and oxygen atoms in total. The highest BCUT2D eigenvalue weighted by molar-refractivity contribution is 6.31. The Kier molecular flexibility index (Phi) is 4.24. The lowest BCUT2D eigenvalue weighted by atomic mass is 10.2. The van der Waals surface area contributed by atoms with Crippen LogP contribution in [0.2, 0.25) is 10.0 Å². The SMILES string of the molecule is O=[N+]([O-])c1ccc(Cl)cc1NCc1ccccc1Cl. The number of nitrogens with one attached hydrogen (secondary N) is 1. The third-order valence-corrected chi connectivity index (χ3v) is 3.19. The van der Waals surface area contributed by atoms with Gasteiger partial charge in [0.1, 0.15) is 5.69 Å². The Hall–Kier alpha value is -1.78. The first-order valence-electron chi connectivity index (χ1n) is 5.49. The molecule has 0 fully saturated rings. The van der Waals surface area contributed by atoms with E-state index in [0.717, 1.165) is 5.56 Å². The van der Waals surface area contributed by atoms with E-state index in [1.54, 1.807) is 6.07 Å². The monoisotopic (exact) mass is 296 g/mol. The predicted octanol–water partition coefficient (Wildman–Crippen LogP) is 4.51. The van der Waals surface area contributed by atoms with Crippen molar-refractivity contribution in [3.63, 3.8) is 0 Å². The van der Waals surface area contributed by atoms with Crippen LogP contribution in [-0.4, -0.2) is 4.92 Å². The summed E-state index contributed by atoms with van der Waals surface area (Å²) >= 11 is 11.9. The lowest BCUT2D eigenvalue weighted by Gasteiger charge is -2.08. The fourth-order valence-corrected chi connectivity index (χ4v) is 2.02. The van der Waals surface area contributed by atoms with Crippen molar-refractivity contribution in [2.45, 2.75) is 6.54 Å². The standard InChI is InChI=1S/C13H10Cl2N2O2/c14-10-5-6-13(17(18)19)12(7-10)16-8-9-3-1-2-4-11(9)15/h1-7,16H,8H2. The van der Waals surface area contributed by atoms with Gasteiger partial charge in [-0.3, -0.25) is 10.1 Å². The Bertz CT molecular complexity index is 617. The fourth-order valence-electron chi connectivity index (χ4n) is 1.64. The number of hydrogen-bond acceptors (Lipinski definition) is 3. The van der Waals surface area contributed by atoms with E-state index in [-0.39, 0.29) is 5.69 Å². The third-order valence-electron chi connectivity index (χ3n) is 2.58. The Morgan fingerprint density at radius 2 is 1.89 bits per heavy atom. The van der Waals surface area contributed by atoms with Crippen LogP contribution in [0, 0.1) is 10.1 Å². The number of benzene rings is 2. The molecular weight excluding hydrogens is 287 g/mol. The summed E-state index contributed by atoms with van der Waals surface area (Å²) in [5, 5.41) is 14.9. The Balaban J connectivity index is 2.22. The van der Waals surface area contributed by atoms with Crippen molar-refractivity contribution in [3.05, 3.63) is 68.2 Å². The van der Waals surface area contributed by atoms with Gasteiger partial charge in [0.15, 0.2) is 0 Å². The molecule has 0 saturated heterocycles. The van der Waals surface area contributed by atoms with Gasteiger partial charge < -0.3 is 5.32 Å². The summed E-state index contributed by atoms with van der Waals surface area (Å²) in [5.74, 6) is 0. The maximum atomic E-state index is 10.9. The second-order valence-corrected chi connectivity index (χ2v) is 4.71. The van der Waals surface area contributed by atoms with Crippen molar-refractivity contribution < 1.29 is 4.92 Å². The molecule has 0 saturated carbocycles. The van der Waals surface area contributed by atoms with Gasteiger partial charge >= 0.3 is 0 Å². The topological polar surface area (TPSA) is 55.2 Å². The zero-order valence-electron chi connectivity index (χ0n) is 9.77. The molecule has 1 N–H and O–H groups in total. The minimum atomic E-state index is -0.453. The third kappa shape index (κ3) is 3.36. The first-order chi connectivity index (χ1) is 9.08. The first-order valence-corrected chi connectivity index (χ1v) is 6.25. The van der Waals surface area contributed by atoms with Crippen molar-refractivity contribution in [2.75, 3.05) is 5.32 Å². The number of nitro groups is 1. The van der Waals surface area contributed by atoms with Gasteiger partial charge in [-0.25, -0.2) is 0 Å². The largest absolute Gasteiger partial charge is 0.375 e.